The van der Waals surface area contributed by atoms with E-state index in [1.807, 2.05) is 83.1 Å². The molecule has 3 fully saturated rings. The van der Waals surface area contributed by atoms with Crippen molar-refractivity contribution in [1.29, 1.82) is 0 Å². The van der Waals surface area contributed by atoms with Crippen molar-refractivity contribution in [2.24, 2.45) is 0 Å². The van der Waals surface area contributed by atoms with Gasteiger partial charge in [0.05, 0.1) is 43.5 Å². The van der Waals surface area contributed by atoms with E-state index in [2.05, 4.69) is 26.6 Å². The van der Waals surface area contributed by atoms with Crippen LogP contribution in [0, 0.1) is 20.2 Å². The van der Waals surface area contributed by atoms with Gasteiger partial charge in [0.25, 0.3) is 11.4 Å². The molecule has 18 heteroatoms. The van der Waals surface area contributed by atoms with Gasteiger partial charge in [0.1, 0.15) is 11.4 Å². The van der Waals surface area contributed by atoms with Gasteiger partial charge in [0, 0.05) is 30.7 Å². The van der Waals surface area contributed by atoms with E-state index in [-0.39, 0.29) is 33.8 Å². The molecule has 274 valence electrons. The number of benzene rings is 2. The molecule has 0 radical (unpaired) electrons. The summed E-state index contributed by atoms with van der Waals surface area (Å²) in [6, 6.07) is 9.81. The Hall–Kier alpha value is -2.73. The van der Waals surface area contributed by atoms with Crippen molar-refractivity contribution in [2.75, 3.05) is 24.7 Å². The Morgan fingerprint density at radius 1 is 0.560 bits per heavy atom. The fourth-order valence-corrected chi connectivity index (χ4v) is 5.25. The predicted octanol–water partition coefficient (Wildman–Crippen LogP) is 6.58. The first-order chi connectivity index (χ1) is 22.7. The highest BCUT2D eigenvalue weighted by molar-refractivity contribution is 9.10. The third-order valence-electron chi connectivity index (χ3n) is 10.2. The Bertz CT molecular complexity index is 1490. The molecule has 0 atom stereocenters. The highest BCUT2D eigenvalue weighted by Crippen LogP contribution is 2.43. The summed E-state index contributed by atoms with van der Waals surface area (Å²) in [5.41, 5.74) is -0.646. The first-order valence-electron chi connectivity index (χ1n) is 16.4. The average Bonchev–Trinajstić information content (AvgIpc) is 3.46. The molecule has 3 aliphatic heterocycles. The van der Waals surface area contributed by atoms with Crippen molar-refractivity contribution in [3.63, 3.8) is 0 Å². The summed E-state index contributed by atoms with van der Waals surface area (Å²) in [5, 5.41) is 27.1. The van der Waals surface area contributed by atoms with Gasteiger partial charge in [-0.05, 0) is 107 Å². The number of nitrogens with one attached hydrogen (secondary N) is 2. The van der Waals surface area contributed by atoms with Crippen LogP contribution < -0.4 is 16.1 Å². The summed E-state index contributed by atoms with van der Waals surface area (Å²) in [4.78, 5) is 20.7. The SMILES string of the molecule is CC1(C)OB(B2OC(C)(C)C(C)(C)O2)OC1(C)C.CNc1ccc(B2OC(C)(C)C(C)(C)O2)cc1[N+](=O)[O-].CNc1ccc(Br)cc1[N+](=O)[O-]. The molecule has 3 saturated heterocycles. The van der Waals surface area contributed by atoms with E-state index in [0.717, 1.165) is 0 Å². The van der Waals surface area contributed by atoms with Crippen LogP contribution in [0.4, 0.5) is 22.7 Å². The van der Waals surface area contributed by atoms with Crippen molar-refractivity contribution < 1.29 is 37.8 Å². The second kappa shape index (κ2) is 14.7. The molecule has 5 rings (SSSR count). The minimum absolute atomic E-state index is 0.0136. The second-order valence-corrected chi connectivity index (χ2v) is 16.2. The van der Waals surface area contributed by atoms with Crippen molar-refractivity contribution in [3.05, 3.63) is 61.1 Å². The third kappa shape index (κ3) is 8.83. The van der Waals surface area contributed by atoms with E-state index >= 15 is 0 Å². The molecule has 0 spiro atoms. The van der Waals surface area contributed by atoms with Gasteiger partial charge in [-0.15, -0.1) is 0 Å². The number of nitro groups is 2. The largest absolute Gasteiger partial charge is 0.495 e. The Labute approximate surface area is 304 Å². The van der Waals surface area contributed by atoms with E-state index < -0.39 is 42.2 Å². The summed E-state index contributed by atoms with van der Waals surface area (Å²) < 4.78 is 36.3. The van der Waals surface area contributed by atoms with E-state index in [1.165, 1.54) is 12.1 Å². The van der Waals surface area contributed by atoms with Gasteiger partial charge < -0.3 is 38.6 Å². The van der Waals surface area contributed by atoms with Crippen LogP contribution in [0.2, 0.25) is 0 Å². The molecule has 0 amide bonds. The lowest BCUT2D eigenvalue weighted by molar-refractivity contribution is -0.384. The number of halogens is 1. The normalized spacial score (nSPS) is 21.8. The highest BCUT2D eigenvalue weighted by Gasteiger charge is 2.63. The number of nitrogens with zero attached hydrogens (tertiary/aromatic N) is 2. The number of anilines is 2. The van der Waals surface area contributed by atoms with Crippen molar-refractivity contribution in [2.45, 2.75) is 117 Å². The minimum atomic E-state index is -0.593. The molecular formula is C32H50B3BrN4O10. The molecule has 0 saturated carbocycles. The molecule has 2 aromatic carbocycles. The standard InChI is InChI=1S/C13H19BN2O4.C12H24B2O4.C7H7BrN2O2/c1-12(2)13(3,4)20-14(19-12)9-6-7-10(15-5)11(8-9)16(17)18;1-9(2)10(3,4)16-13(15-9)14-17-11(5,6)12(7,8)18-14;1-9-6-3-2-5(8)4-7(6)10(11)12/h6-8,15H,1-5H3;1-8H3;2-4,9H,1H3. The molecule has 0 bridgehead atoms. The van der Waals surface area contributed by atoms with Crippen LogP contribution >= 0.6 is 15.9 Å². The summed E-state index contributed by atoms with van der Waals surface area (Å²) in [7, 11) is 1.75. The van der Waals surface area contributed by atoms with Crippen LogP contribution in [-0.2, 0) is 27.9 Å². The fraction of sp³-hybridized carbons (Fsp3) is 0.625. The van der Waals surface area contributed by atoms with E-state index in [9.17, 15) is 20.2 Å². The summed E-state index contributed by atoms with van der Waals surface area (Å²) in [6.07, 6.45) is 0. The van der Waals surface area contributed by atoms with Crippen LogP contribution in [0.25, 0.3) is 0 Å². The Morgan fingerprint density at radius 2 is 0.880 bits per heavy atom. The van der Waals surface area contributed by atoms with Gasteiger partial charge in [-0.1, -0.05) is 22.0 Å². The topological polar surface area (TPSA) is 166 Å². The smallest absolute Gasteiger partial charge is 0.405 e. The first-order valence-corrected chi connectivity index (χ1v) is 17.1. The molecule has 14 nitrogen and oxygen atoms in total. The maximum atomic E-state index is 11.1. The van der Waals surface area contributed by atoms with Gasteiger partial charge in [-0.3, -0.25) is 20.2 Å². The van der Waals surface area contributed by atoms with E-state index in [4.69, 9.17) is 27.9 Å². The molecule has 3 heterocycles. The first kappa shape index (κ1) is 41.7. The van der Waals surface area contributed by atoms with Gasteiger partial charge >= 0.3 is 21.1 Å². The molecule has 0 aromatic heterocycles. The number of nitro benzene ring substituents is 2. The van der Waals surface area contributed by atoms with Crippen molar-refractivity contribution in [3.8, 4) is 0 Å². The van der Waals surface area contributed by atoms with Crippen LogP contribution in [0.1, 0.15) is 83.1 Å². The molecule has 0 aliphatic carbocycles. The monoisotopic (exact) mass is 762 g/mol. The Balaban J connectivity index is 0.000000209. The van der Waals surface area contributed by atoms with E-state index in [1.54, 1.807) is 38.4 Å². The minimum Gasteiger partial charge on any atom is -0.405 e. The van der Waals surface area contributed by atoms with Crippen molar-refractivity contribution >= 4 is 65.3 Å². The second-order valence-electron chi connectivity index (χ2n) is 15.3. The molecule has 50 heavy (non-hydrogen) atoms. The number of hydrogen-bond donors (Lipinski definition) is 2. The molecular weight excluding hydrogens is 713 g/mol. The molecule has 2 aromatic rings. The Morgan fingerprint density at radius 3 is 1.22 bits per heavy atom. The van der Waals surface area contributed by atoms with Crippen LogP contribution in [-0.4, -0.2) is 78.7 Å². The van der Waals surface area contributed by atoms with Gasteiger partial charge in [-0.25, -0.2) is 0 Å². The zero-order chi connectivity index (χ0) is 38.3. The lowest BCUT2D eigenvalue weighted by Gasteiger charge is -2.32. The zero-order valence-electron chi connectivity index (χ0n) is 31.6. The summed E-state index contributed by atoms with van der Waals surface area (Å²) in [6.45, 7) is 24.0. The van der Waals surface area contributed by atoms with Crippen molar-refractivity contribution in [1.82, 2.24) is 0 Å². The highest BCUT2D eigenvalue weighted by atomic mass is 79.9. The fourth-order valence-electron chi connectivity index (χ4n) is 4.90. The molecule has 3 aliphatic rings. The summed E-state index contributed by atoms with van der Waals surface area (Å²) in [5.74, 6) is 0. The number of rotatable bonds is 6. The van der Waals surface area contributed by atoms with Crippen LogP contribution in [0.15, 0.2) is 40.9 Å². The maximum Gasteiger partial charge on any atom is 0.495 e. The Kier molecular flexibility index (Phi) is 12.3. The van der Waals surface area contributed by atoms with Gasteiger partial charge in [0.15, 0.2) is 0 Å². The lowest BCUT2D eigenvalue weighted by Crippen LogP contribution is -2.41. The third-order valence-corrected chi connectivity index (χ3v) is 10.7. The lowest BCUT2D eigenvalue weighted by atomic mass is 9.49. The zero-order valence-corrected chi connectivity index (χ0v) is 33.1. The van der Waals surface area contributed by atoms with Crippen LogP contribution in [0.5, 0.6) is 0 Å². The van der Waals surface area contributed by atoms with Gasteiger partial charge in [0.2, 0.25) is 0 Å². The average molecular weight is 763 g/mol. The van der Waals surface area contributed by atoms with Crippen LogP contribution in [0.3, 0.4) is 0 Å². The maximum absolute atomic E-state index is 11.1. The number of hydrogen-bond acceptors (Lipinski definition) is 12. The van der Waals surface area contributed by atoms with Gasteiger partial charge in [-0.2, -0.15) is 0 Å². The van der Waals surface area contributed by atoms with E-state index in [0.29, 0.717) is 21.3 Å². The summed E-state index contributed by atoms with van der Waals surface area (Å²) >= 11 is 3.16. The quantitative estimate of drug-likeness (QED) is 0.185. The molecule has 2 N–H and O–H groups in total. The molecule has 0 unspecified atom stereocenters. The predicted molar refractivity (Wildman–Crippen MR) is 201 cm³/mol.